The Labute approximate surface area is 133 Å². The second-order valence-electron chi connectivity index (χ2n) is 6.15. The van der Waals surface area contributed by atoms with Gasteiger partial charge in [0.2, 0.25) is 0 Å². The molecule has 1 aromatic rings. The molecule has 1 N–H and O–H groups in total. The van der Waals surface area contributed by atoms with Crippen molar-refractivity contribution in [3.63, 3.8) is 0 Å². The number of halogens is 1. The standard InChI is InChI=1S/C14H21BrN2S2/c1-14(2,3)12-11(15)13(18)17-10(16-12)8-19-9-6-4-5-7-9/h9H,4-8H2,1-3H3,(H,16,17,18). The molecule has 0 unspecified atom stereocenters. The van der Waals surface area contributed by atoms with Gasteiger partial charge in [0, 0.05) is 16.4 Å². The van der Waals surface area contributed by atoms with Crippen molar-refractivity contribution >= 4 is 39.9 Å². The topological polar surface area (TPSA) is 28.7 Å². The number of hydrogen-bond donors (Lipinski definition) is 1. The van der Waals surface area contributed by atoms with Gasteiger partial charge in [0.05, 0.1) is 10.2 Å². The predicted molar refractivity (Wildman–Crippen MR) is 89.4 cm³/mol. The Morgan fingerprint density at radius 3 is 2.58 bits per heavy atom. The minimum atomic E-state index is 0.0438. The van der Waals surface area contributed by atoms with Crippen LogP contribution in [0.25, 0.3) is 0 Å². The summed E-state index contributed by atoms with van der Waals surface area (Å²) in [7, 11) is 0. The van der Waals surface area contributed by atoms with Crippen LogP contribution in [0.15, 0.2) is 4.47 Å². The fraction of sp³-hybridized carbons (Fsp3) is 0.714. The lowest BCUT2D eigenvalue weighted by Crippen LogP contribution is -2.17. The Morgan fingerprint density at radius 2 is 2.00 bits per heavy atom. The third-order valence-electron chi connectivity index (χ3n) is 3.42. The largest absolute Gasteiger partial charge is 0.345 e. The molecule has 5 heteroatoms. The van der Waals surface area contributed by atoms with Crippen LogP contribution in [-0.2, 0) is 11.2 Å². The molecule has 0 atom stereocenters. The van der Waals surface area contributed by atoms with Gasteiger partial charge >= 0.3 is 0 Å². The van der Waals surface area contributed by atoms with E-state index in [1.165, 1.54) is 25.7 Å². The highest BCUT2D eigenvalue weighted by Gasteiger charge is 2.21. The van der Waals surface area contributed by atoms with Crippen LogP contribution in [-0.4, -0.2) is 15.2 Å². The summed E-state index contributed by atoms with van der Waals surface area (Å²) in [4.78, 5) is 7.97. The van der Waals surface area contributed by atoms with Gasteiger partial charge in [0.15, 0.2) is 0 Å². The van der Waals surface area contributed by atoms with Crippen LogP contribution < -0.4 is 0 Å². The Kier molecular flexibility index (Phi) is 5.12. The highest BCUT2D eigenvalue weighted by molar-refractivity contribution is 9.10. The molecule has 0 aromatic carbocycles. The second-order valence-corrected chi connectivity index (χ2v) is 8.61. The first-order valence-corrected chi connectivity index (χ1v) is 9.03. The molecule has 0 bridgehead atoms. The fourth-order valence-corrected chi connectivity index (χ4v) is 4.53. The highest BCUT2D eigenvalue weighted by Crippen LogP contribution is 2.32. The monoisotopic (exact) mass is 360 g/mol. The Bertz CT molecular complexity index is 499. The Balaban J connectivity index is 2.17. The van der Waals surface area contributed by atoms with Crippen molar-refractivity contribution in [2.75, 3.05) is 0 Å². The average Bonchev–Trinajstić information content (AvgIpc) is 2.82. The van der Waals surface area contributed by atoms with E-state index in [0.717, 1.165) is 27.0 Å². The van der Waals surface area contributed by atoms with E-state index >= 15 is 0 Å². The van der Waals surface area contributed by atoms with E-state index in [0.29, 0.717) is 4.64 Å². The molecule has 0 aliphatic heterocycles. The number of thioether (sulfide) groups is 1. The Hall–Kier alpha value is 0.130. The van der Waals surface area contributed by atoms with Gasteiger partial charge in [0.1, 0.15) is 10.5 Å². The number of hydrogen-bond acceptors (Lipinski definition) is 3. The number of rotatable bonds is 3. The number of aromatic nitrogens is 2. The molecule has 1 saturated carbocycles. The summed E-state index contributed by atoms with van der Waals surface area (Å²) in [5.74, 6) is 1.94. The predicted octanol–water partition coefficient (Wildman–Crippen LogP) is 5.37. The van der Waals surface area contributed by atoms with Crippen molar-refractivity contribution in [1.82, 2.24) is 9.97 Å². The van der Waals surface area contributed by atoms with Crippen LogP contribution in [0.5, 0.6) is 0 Å². The molecule has 2 rings (SSSR count). The molecule has 0 radical (unpaired) electrons. The number of nitrogens with zero attached hydrogens (tertiary/aromatic N) is 1. The zero-order valence-electron chi connectivity index (χ0n) is 11.8. The first kappa shape index (κ1) is 15.5. The van der Waals surface area contributed by atoms with E-state index in [-0.39, 0.29) is 5.41 Å². The zero-order valence-corrected chi connectivity index (χ0v) is 15.0. The van der Waals surface area contributed by atoms with Crippen molar-refractivity contribution < 1.29 is 0 Å². The summed E-state index contributed by atoms with van der Waals surface area (Å²) in [6.07, 6.45) is 5.48. The Morgan fingerprint density at radius 1 is 1.37 bits per heavy atom. The molecule has 0 amide bonds. The van der Waals surface area contributed by atoms with Gasteiger partial charge < -0.3 is 4.98 Å². The molecule has 1 fully saturated rings. The van der Waals surface area contributed by atoms with Gasteiger partial charge in [-0.05, 0) is 28.8 Å². The maximum Gasteiger partial charge on any atom is 0.144 e. The normalized spacial score (nSPS) is 17.1. The third-order valence-corrected chi connectivity index (χ3v) is 6.13. The molecule has 106 valence electrons. The molecular formula is C14H21BrN2S2. The first-order chi connectivity index (χ1) is 8.88. The number of aromatic amines is 1. The lowest BCUT2D eigenvalue weighted by atomic mass is 9.92. The molecule has 0 saturated heterocycles. The SMILES string of the molecule is CC(C)(C)c1[nH]c(CSC2CCCC2)nc(=S)c1Br. The molecule has 1 heterocycles. The van der Waals surface area contributed by atoms with Crippen LogP contribution >= 0.6 is 39.9 Å². The van der Waals surface area contributed by atoms with E-state index in [4.69, 9.17) is 12.2 Å². The summed E-state index contributed by atoms with van der Waals surface area (Å²) in [5.41, 5.74) is 1.19. The molecule has 1 aliphatic rings. The van der Waals surface area contributed by atoms with E-state index in [1.54, 1.807) is 0 Å². The minimum absolute atomic E-state index is 0.0438. The molecule has 19 heavy (non-hydrogen) atoms. The van der Waals surface area contributed by atoms with Crippen LogP contribution in [0.2, 0.25) is 0 Å². The maximum absolute atomic E-state index is 5.36. The van der Waals surface area contributed by atoms with E-state index in [2.05, 4.69) is 46.7 Å². The van der Waals surface area contributed by atoms with E-state index < -0.39 is 0 Å². The van der Waals surface area contributed by atoms with Gasteiger partial charge in [-0.25, -0.2) is 4.98 Å². The van der Waals surface area contributed by atoms with Crippen molar-refractivity contribution in [3.8, 4) is 0 Å². The van der Waals surface area contributed by atoms with Gasteiger partial charge in [-0.15, -0.1) is 0 Å². The lowest BCUT2D eigenvalue weighted by molar-refractivity contribution is 0.559. The van der Waals surface area contributed by atoms with Gasteiger partial charge in [-0.3, -0.25) is 0 Å². The average molecular weight is 361 g/mol. The molecule has 1 aromatic heterocycles. The van der Waals surface area contributed by atoms with Crippen molar-refractivity contribution in [3.05, 3.63) is 20.6 Å². The zero-order chi connectivity index (χ0) is 14.0. The van der Waals surface area contributed by atoms with E-state index in [1.807, 2.05) is 11.8 Å². The maximum atomic E-state index is 5.36. The smallest absolute Gasteiger partial charge is 0.144 e. The van der Waals surface area contributed by atoms with Crippen LogP contribution in [0.1, 0.15) is 58.0 Å². The highest BCUT2D eigenvalue weighted by atomic mass is 79.9. The lowest BCUT2D eigenvalue weighted by Gasteiger charge is -2.21. The summed E-state index contributed by atoms with van der Waals surface area (Å²) >= 11 is 10.9. The quantitative estimate of drug-likeness (QED) is 0.733. The second kappa shape index (κ2) is 6.27. The van der Waals surface area contributed by atoms with Crippen LogP contribution in [0.3, 0.4) is 0 Å². The number of H-pyrrole nitrogens is 1. The van der Waals surface area contributed by atoms with Crippen LogP contribution in [0, 0.1) is 4.64 Å². The molecule has 0 spiro atoms. The van der Waals surface area contributed by atoms with Crippen molar-refractivity contribution in [2.24, 2.45) is 0 Å². The molecule has 1 aliphatic carbocycles. The first-order valence-electron chi connectivity index (χ1n) is 6.78. The minimum Gasteiger partial charge on any atom is -0.345 e. The van der Waals surface area contributed by atoms with Gasteiger partial charge in [-0.1, -0.05) is 45.8 Å². The fourth-order valence-electron chi connectivity index (χ4n) is 2.34. The number of nitrogens with one attached hydrogen (secondary N) is 1. The molecule has 2 nitrogen and oxygen atoms in total. The summed E-state index contributed by atoms with van der Waals surface area (Å²) < 4.78 is 1.61. The van der Waals surface area contributed by atoms with Crippen LogP contribution in [0.4, 0.5) is 0 Å². The van der Waals surface area contributed by atoms with Crippen molar-refractivity contribution in [1.29, 1.82) is 0 Å². The van der Waals surface area contributed by atoms with E-state index in [9.17, 15) is 0 Å². The molecular weight excluding hydrogens is 340 g/mol. The summed E-state index contributed by atoms with van der Waals surface area (Å²) in [5, 5.41) is 0.811. The third kappa shape index (κ3) is 4.05. The summed E-state index contributed by atoms with van der Waals surface area (Å²) in [6.45, 7) is 6.56. The summed E-state index contributed by atoms with van der Waals surface area (Å²) in [6, 6.07) is 0. The van der Waals surface area contributed by atoms with Gasteiger partial charge in [-0.2, -0.15) is 11.8 Å². The van der Waals surface area contributed by atoms with Gasteiger partial charge in [0.25, 0.3) is 0 Å². The van der Waals surface area contributed by atoms with Crippen molar-refractivity contribution in [2.45, 2.75) is 62.9 Å².